The predicted octanol–water partition coefficient (Wildman–Crippen LogP) is 3.84. The minimum absolute atomic E-state index is 0.134. The summed E-state index contributed by atoms with van der Waals surface area (Å²) in [6.45, 7) is 4.01. The van der Waals surface area contributed by atoms with Crippen molar-refractivity contribution in [3.63, 3.8) is 0 Å². The first-order chi connectivity index (χ1) is 8.10. The molecule has 1 saturated carbocycles. The maximum Gasteiger partial charge on any atom is 0.169 e. The summed E-state index contributed by atoms with van der Waals surface area (Å²) < 4.78 is 24.8. The van der Waals surface area contributed by atoms with Gasteiger partial charge in [0.2, 0.25) is 0 Å². The highest BCUT2D eigenvalue weighted by molar-refractivity contribution is 5.52. The van der Waals surface area contributed by atoms with E-state index in [9.17, 15) is 4.39 Å². The van der Waals surface area contributed by atoms with Crippen LogP contribution in [0.4, 0.5) is 4.39 Å². The third-order valence-corrected chi connectivity index (χ3v) is 3.27. The molecule has 1 aromatic carbocycles. The van der Waals surface area contributed by atoms with Crippen LogP contribution in [-0.4, -0.2) is 14.2 Å². The van der Waals surface area contributed by atoms with Crippen molar-refractivity contribution in [3.8, 4) is 11.5 Å². The summed E-state index contributed by atoms with van der Waals surface area (Å²) in [7, 11) is 3.11. The van der Waals surface area contributed by atoms with Crippen LogP contribution in [0.15, 0.2) is 6.07 Å². The van der Waals surface area contributed by atoms with Gasteiger partial charge in [0.25, 0.3) is 0 Å². The average molecular weight is 238 g/mol. The lowest BCUT2D eigenvalue weighted by molar-refractivity contribution is 0.367. The van der Waals surface area contributed by atoms with E-state index in [1.807, 2.05) is 13.8 Å². The third kappa shape index (κ3) is 2.11. The van der Waals surface area contributed by atoms with Gasteiger partial charge in [-0.25, -0.2) is 4.39 Å². The van der Waals surface area contributed by atoms with Crippen molar-refractivity contribution < 1.29 is 13.9 Å². The lowest BCUT2D eigenvalue weighted by Gasteiger charge is -2.19. The Hall–Kier alpha value is -1.25. The minimum Gasteiger partial charge on any atom is -0.496 e. The molecule has 0 aromatic heterocycles. The quantitative estimate of drug-likeness (QED) is 0.793. The average Bonchev–Trinajstić information content (AvgIpc) is 3.11. The molecule has 0 aliphatic heterocycles. The Kier molecular flexibility index (Phi) is 3.27. The fourth-order valence-corrected chi connectivity index (χ4v) is 2.32. The van der Waals surface area contributed by atoms with E-state index >= 15 is 0 Å². The van der Waals surface area contributed by atoms with Crippen LogP contribution in [-0.2, 0) is 0 Å². The summed E-state index contributed by atoms with van der Waals surface area (Å²) in [5, 5.41) is 0. The molecule has 1 aliphatic rings. The molecule has 0 N–H and O–H groups in total. The molecule has 0 heterocycles. The van der Waals surface area contributed by atoms with E-state index in [4.69, 9.17) is 9.47 Å². The molecular formula is C14H19FO2. The predicted molar refractivity (Wildman–Crippen MR) is 65.6 cm³/mol. The van der Waals surface area contributed by atoms with E-state index in [1.54, 1.807) is 13.2 Å². The van der Waals surface area contributed by atoms with Crippen molar-refractivity contribution >= 4 is 0 Å². The summed E-state index contributed by atoms with van der Waals surface area (Å²) >= 11 is 0. The standard InChI is InChI=1S/C14H19FO2/c1-8(2)12-13(9-5-6-9)10(16-3)7-11(17-4)14(12)15/h7-9H,5-6H2,1-4H3. The number of methoxy groups -OCH3 is 2. The van der Waals surface area contributed by atoms with Gasteiger partial charge < -0.3 is 9.47 Å². The van der Waals surface area contributed by atoms with Gasteiger partial charge in [-0.1, -0.05) is 13.8 Å². The normalized spacial score (nSPS) is 15.2. The van der Waals surface area contributed by atoms with Crippen molar-refractivity contribution in [2.75, 3.05) is 14.2 Å². The Bertz CT molecular complexity index is 423. The third-order valence-electron chi connectivity index (χ3n) is 3.27. The number of benzene rings is 1. The molecule has 0 unspecified atom stereocenters. The van der Waals surface area contributed by atoms with Gasteiger partial charge in [-0.2, -0.15) is 0 Å². The maximum atomic E-state index is 14.3. The van der Waals surface area contributed by atoms with Crippen LogP contribution < -0.4 is 9.47 Å². The Balaban J connectivity index is 2.64. The summed E-state index contributed by atoms with van der Waals surface area (Å²) in [6.07, 6.45) is 2.25. The summed E-state index contributed by atoms with van der Waals surface area (Å²) in [5.74, 6) is 1.40. The fraction of sp³-hybridized carbons (Fsp3) is 0.571. The molecule has 1 aliphatic carbocycles. The van der Waals surface area contributed by atoms with Crippen molar-refractivity contribution in [1.29, 1.82) is 0 Å². The monoisotopic (exact) mass is 238 g/mol. The molecular weight excluding hydrogens is 219 g/mol. The molecule has 3 heteroatoms. The zero-order valence-corrected chi connectivity index (χ0v) is 10.8. The number of ether oxygens (including phenoxy) is 2. The van der Waals surface area contributed by atoms with Gasteiger partial charge in [0.05, 0.1) is 14.2 Å². The molecule has 0 spiro atoms. The minimum atomic E-state index is -0.231. The first kappa shape index (κ1) is 12.2. The second kappa shape index (κ2) is 4.55. The van der Waals surface area contributed by atoms with Crippen LogP contribution in [0.3, 0.4) is 0 Å². The summed E-state index contributed by atoms with van der Waals surface area (Å²) in [6, 6.07) is 1.66. The van der Waals surface area contributed by atoms with E-state index in [-0.39, 0.29) is 17.5 Å². The van der Waals surface area contributed by atoms with Gasteiger partial charge in [0.15, 0.2) is 11.6 Å². The first-order valence-electron chi connectivity index (χ1n) is 6.04. The molecule has 1 aromatic rings. The molecule has 0 amide bonds. The second-order valence-corrected chi connectivity index (χ2v) is 4.85. The number of halogens is 1. The highest BCUT2D eigenvalue weighted by atomic mass is 19.1. The van der Waals surface area contributed by atoms with Crippen molar-refractivity contribution in [2.45, 2.75) is 38.5 Å². The second-order valence-electron chi connectivity index (χ2n) is 4.85. The lowest BCUT2D eigenvalue weighted by Crippen LogP contribution is -2.05. The van der Waals surface area contributed by atoms with Crippen molar-refractivity contribution in [2.24, 2.45) is 0 Å². The van der Waals surface area contributed by atoms with Crippen molar-refractivity contribution in [1.82, 2.24) is 0 Å². The van der Waals surface area contributed by atoms with Crippen LogP contribution in [0.1, 0.15) is 49.7 Å². The van der Waals surface area contributed by atoms with Crippen LogP contribution in [0, 0.1) is 5.82 Å². The number of rotatable bonds is 4. The summed E-state index contributed by atoms with van der Waals surface area (Å²) in [5.41, 5.74) is 1.80. The van der Waals surface area contributed by atoms with Crippen LogP contribution >= 0.6 is 0 Å². The fourth-order valence-electron chi connectivity index (χ4n) is 2.32. The van der Waals surface area contributed by atoms with E-state index < -0.39 is 0 Å². The van der Waals surface area contributed by atoms with E-state index in [2.05, 4.69) is 0 Å². The molecule has 2 rings (SSSR count). The largest absolute Gasteiger partial charge is 0.496 e. The lowest BCUT2D eigenvalue weighted by atomic mass is 9.92. The zero-order valence-electron chi connectivity index (χ0n) is 10.8. The highest BCUT2D eigenvalue weighted by Gasteiger charge is 2.33. The molecule has 17 heavy (non-hydrogen) atoms. The van der Waals surface area contributed by atoms with Gasteiger partial charge in [-0.15, -0.1) is 0 Å². The van der Waals surface area contributed by atoms with E-state index in [1.165, 1.54) is 7.11 Å². The molecule has 1 fully saturated rings. The summed E-state index contributed by atoms with van der Waals surface area (Å²) in [4.78, 5) is 0. The van der Waals surface area contributed by atoms with E-state index in [0.717, 1.165) is 29.7 Å². The van der Waals surface area contributed by atoms with Gasteiger partial charge in [0.1, 0.15) is 5.75 Å². The molecule has 0 atom stereocenters. The Morgan fingerprint density at radius 2 is 1.76 bits per heavy atom. The van der Waals surface area contributed by atoms with Crippen molar-refractivity contribution in [3.05, 3.63) is 23.0 Å². The van der Waals surface area contributed by atoms with Crippen LogP contribution in [0.25, 0.3) is 0 Å². The molecule has 94 valence electrons. The Labute approximate surface area is 102 Å². The molecule has 0 radical (unpaired) electrons. The Morgan fingerprint density at radius 3 is 2.18 bits per heavy atom. The van der Waals surface area contributed by atoms with Gasteiger partial charge in [-0.05, 0) is 24.7 Å². The number of hydrogen-bond acceptors (Lipinski definition) is 2. The topological polar surface area (TPSA) is 18.5 Å². The molecule has 0 saturated heterocycles. The first-order valence-corrected chi connectivity index (χ1v) is 6.04. The smallest absolute Gasteiger partial charge is 0.169 e. The van der Waals surface area contributed by atoms with Gasteiger partial charge >= 0.3 is 0 Å². The SMILES string of the molecule is COc1cc(OC)c(C2CC2)c(C(C)C)c1F. The molecule has 0 bridgehead atoms. The maximum absolute atomic E-state index is 14.3. The number of hydrogen-bond donors (Lipinski definition) is 0. The van der Waals surface area contributed by atoms with Crippen LogP contribution in [0.2, 0.25) is 0 Å². The van der Waals surface area contributed by atoms with Gasteiger partial charge in [-0.3, -0.25) is 0 Å². The van der Waals surface area contributed by atoms with Gasteiger partial charge in [0, 0.05) is 17.2 Å². The Morgan fingerprint density at radius 1 is 1.18 bits per heavy atom. The van der Waals surface area contributed by atoms with Crippen LogP contribution in [0.5, 0.6) is 11.5 Å². The van der Waals surface area contributed by atoms with E-state index in [0.29, 0.717) is 5.92 Å². The molecule has 2 nitrogen and oxygen atoms in total. The highest BCUT2D eigenvalue weighted by Crippen LogP contribution is 2.50. The zero-order chi connectivity index (χ0) is 12.6.